The van der Waals surface area contributed by atoms with Gasteiger partial charge in [0.2, 0.25) is 0 Å². The number of nitrogens with zero attached hydrogens (tertiary/aromatic N) is 1. The summed E-state index contributed by atoms with van der Waals surface area (Å²) >= 11 is 0. The molecule has 0 amide bonds. The highest BCUT2D eigenvalue weighted by Gasteiger charge is 2.52. The van der Waals surface area contributed by atoms with Crippen molar-refractivity contribution in [2.75, 3.05) is 4.90 Å². The molecule has 11 aromatic carbocycles. The number of ether oxygens (including phenoxy) is 1. The zero-order chi connectivity index (χ0) is 45.1. The Morgan fingerprint density at radius 3 is 1.59 bits per heavy atom. The molecular weight excluding hydrogens is 823 g/mol. The van der Waals surface area contributed by atoms with Crippen molar-refractivity contribution in [2.24, 2.45) is 0 Å². The molecular formula is C66H45NO. The fourth-order valence-electron chi connectivity index (χ4n) is 12.3. The van der Waals surface area contributed by atoms with Crippen LogP contribution in [-0.4, -0.2) is 0 Å². The quantitative estimate of drug-likeness (QED) is 0.171. The monoisotopic (exact) mass is 867 g/mol. The van der Waals surface area contributed by atoms with E-state index in [4.69, 9.17) is 4.74 Å². The van der Waals surface area contributed by atoms with Crippen LogP contribution >= 0.6 is 0 Å². The van der Waals surface area contributed by atoms with Crippen LogP contribution in [0.1, 0.15) is 47.2 Å². The first-order valence-corrected chi connectivity index (χ1v) is 23.8. The number of fused-ring (bicyclic) bond motifs is 16. The van der Waals surface area contributed by atoms with E-state index in [0.717, 1.165) is 72.4 Å². The average molecular weight is 868 g/mol. The minimum atomic E-state index is -0.643. The maximum Gasteiger partial charge on any atom is 0.140 e. The van der Waals surface area contributed by atoms with Gasteiger partial charge in [-0.3, -0.25) is 0 Å². The highest BCUT2D eigenvalue weighted by atomic mass is 16.5. The molecule has 0 atom stereocenters. The van der Waals surface area contributed by atoms with Gasteiger partial charge in [-0.1, -0.05) is 214 Å². The van der Waals surface area contributed by atoms with Crippen LogP contribution in [0.3, 0.4) is 0 Å². The van der Waals surface area contributed by atoms with Crippen molar-refractivity contribution in [3.05, 3.63) is 270 Å². The molecule has 14 rings (SSSR count). The first-order valence-electron chi connectivity index (χ1n) is 23.8. The van der Waals surface area contributed by atoms with Crippen LogP contribution in [0.15, 0.2) is 237 Å². The third-order valence-corrected chi connectivity index (χ3v) is 15.3. The summed E-state index contributed by atoms with van der Waals surface area (Å²) in [5, 5.41) is 4.56. The Balaban J connectivity index is 0.964. The largest absolute Gasteiger partial charge is 0.455 e. The van der Waals surface area contributed by atoms with Gasteiger partial charge >= 0.3 is 0 Å². The number of hydrogen-bond acceptors (Lipinski definition) is 2. The van der Waals surface area contributed by atoms with Gasteiger partial charge in [-0.15, -0.1) is 0 Å². The van der Waals surface area contributed by atoms with E-state index in [2.05, 4.69) is 255 Å². The van der Waals surface area contributed by atoms with Crippen LogP contribution in [0, 0.1) is 0 Å². The molecule has 0 fully saturated rings. The van der Waals surface area contributed by atoms with Crippen LogP contribution in [0.2, 0.25) is 0 Å². The standard InChI is InChI=1S/C66H45NO/c1-65(2)55-27-13-11-25-54(55)62-49(26-16-29-57(62)65)44-31-36-47(37-32-44)67(46-19-4-3-5-20-46)61-30-15-12-21-48(61)45-33-38-53-52-24-10-14-28-56(52)66(60(53)41-45)58-39-34-42-17-6-8-22-50(42)63(58)68-64-51-23-9-7-18-43(51)35-40-59(64)66/h3-41H,1-2H3. The lowest BCUT2D eigenvalue weighted by Gasteiger charge is -2.40. The molecule has 0 bridgehead atoms. The van der Waals surface area contributed by atoms with Crippen LogP contribution in [0.5, 0.6) is 11.5 Å². The van der Waals surface area contributed by atoms with E-state index in [1.807, 2.05) is 0 Å². The minimum Gasteiger partial charge on any atom is -0.455 e. The second-order valence-electron chi connectivity index (χ2n) is 19.1. The summed E-state index contributed by atoms with van der Waals surface area (Å²) in [5.74, 6) is 1.85. The van der Waals surface area contributed by atoms with Gasteiger partial charge in [0.1, 0.15) is 11.5 Å². The lowest BCUT2D eigenvalue weighted by Crippen LogP contribution is -2.32. The highest BCUT2D eigenvalue weighted by molar-refractivity contribution is 6.01. The molecule has 0 N–H and O–H groups in total. The van der Waals surface area contributed by atoms with Gasteiger partial charge in [0.25, 0.3) is 0 Å². The number of anilines is 3. The van der Waals surface area contributed by atoms with Crippen LogP contribution < -0.4 is 9.64 Å². The lowest BCUT2D eigenvalue weighted by atomic mass is 9.65. The number of para-hydroxylation sites is 2. The highest BCUT2D eigenvalue weighted by Crippen LogP contribution is 2.64. The summed E-state index contributed by atoms with van der Waals surface area (Å²) in [6.45, 7) is 4.70. The first-order chi connectivity index (χ1) is 33.5. The summed E-state index contributed by atoms with van der Waals surface area (Å²) in [6, 6.07) is 87.3. The number of hydrogen-bond donors (Lipinski definition) is 0. The van der Waals surface area contributed by atoms with Crippen LogP contribution in [0.25, 0.3) is 66.1 Å². The van der Waals surface area contributed by atoms with E-state index in [-0.39, 0.29) is 5.41 Å². The molecule has 2 heteroatoms. The Labute approximate surface area is 397 Å². The smallest absolute Gasteiger partial charge is 0.140 e. The SMILES string of the molecule is CC1(C)c2ccccc2-c2c(-c3ccc(N(c4ccccc4)c4ccccc4-c4ccc5c(c4)C4(c6ccccc6-5)c5ccc6ccccc6c5Oc5c4ccc4ccccc54)cc3)cccc21. The van der Waals surface area contributed by atoms with E-state index >= 15 is 0 Å². The molecule has 320 valence electrons. The maximum atomic E-state index is 7.26. The second kappa shape index (κ2) is 14.5. The van der Waals surface area contributed by atoms with Crippen molar-refractivity contribution in [1.29, 1.82) is 0 Å². The maximum absolute atomic E-state index is 7.26. The van der Waals surface area contributed by atoms with Gasteiger partial charge in [-0.05, 0) is 108 Å². The van der Waals surface area contributed by atoms with Crippen molar-refractivity contribution < 1.29 is 4.74 Å². The molecule has 0 aromatic heterocycles. The fourth-order valence-corrected chi connectivity index (χ4v) is 12.3. The Kier molecular flexibility index (Phi) is 8.28. The molecule has 0 radical (unpaired) electrons. The van der Waals surface area contributed by atoms with Gasteiger partial charge in [-0.2, -0.15) is 0 Å². The van der Waals surface area contributed by atoms with Gasteiger partial charge in [0, 0.05) is 44.3 Å². The normalized spacial score (nSPS) is 14.1. The average Bonchev–Trinajstić information content (AvgIpc) is 3.82. The van der Waals surface area contributed by atoms with Crippen molar-refractivity contribution in [3.63, 3.8) is 0 Å². The summed E-state index contributed by atoms with van der Waals surface area (Å²) in [7, 11) is 0. The third-order valence-electron chi connectivity index (χ3n) is 15.3. The van der Waals surface area contributed by atoms with Crippen molar-refractivity contribution >= 4 is 38.6 Å². The van der Waals surface area contributed by atoms with Crippen LogP contribution in [-0.2, 0) is 10.8 Å². The van der Waals surface area contributed by atoms with Gasteiger partial charge in [0.05, 0.1) is 11.1 Å². The molecule has 1 heterocycles. The molecule has 1 spiro atoms. The fraction of sp³-hybridized carbons (Fsp3) is 0.0606. The van der Waals surface area contributed by atoms with Crippen LogP contribution in [0.4, 0.5) is 17.1 Å². The molecule has 0 unspecified atom stereocenters. The topological polar surface area (TPSA) is 12.5 Å². The summed E-state index contributed by atoms with van der Waals surface area (Å²) < 4.78 is 7.26. The molecule has 3 aliphatic rings. The Morgan fingerprint density at radius 2 is 0.868 bits per heavy atom. The predicted molar refractivity (Wildman–Crippen MR) is 282 cm³/mol. The summed E-state index contributed by atoms with van der Waals surface area (Å²) in [6.07, 6.45) is 0. The first kappa shape index (κ1) is 38.8. The zero-order valence-electron chi connectivity index (χ0n) is 37.9. The van der Waals surface area contributed by atoms with Gasteiger partial charge in [-0.25, -0.2) is 0 Å². The second-order valence-corrected chi connectivity index (χ2v) is 19.1. The van der Waals surface area contributed by atoms with E-state index in [9.17, 15) is 0 Å². The molecule has 11 aromatic rings. The van der Waals surface area contributed by atoms with E-state index in [1.165, 1.54) is 55.6 Å². The summed E-state index contributed by atoms with van der Waals surface area (Å²) in [4.78, 5) is 2.42. The predicted octanol–water partition coefficient (Wildman–Crippen LogP) is 17.6. The third kappa shape index (κ3) is 5.34. The number of rotatable bonds is 5. The molecule has 0 saturated carbocycles. The van der Waals surface area contributed by atoms with Gasteiger partial charge < -0.3 is 9.64 Å². The molecule has 68 heavy (non-hydrogen) atoms. The Hall–Kier alpha value is -8.46. The van der Waals surface area contributed by atoms with Crippen molar-refractivity contribution in [2.45, 2.75) is 24.7 Å². The molecule has 2 aliphatic carbocycles. The van der Waals surface area contributed by atoms with Crippen molar-refractivity contribution in [1.82, 2.24) is 0 Å². The van der Waals surface area contributed by atoms with E-state index < -0.39 is 5.41 Å². The Morgan fingerprint density at radius 1 is 0.338 bits per heavy atom. The lowest BCUT2D eigenvalue weighted by molar-refractivity contribution is 0.447. The van der Waals surface area contributed by atoms with E-state index in [0.29, 0.717) is 0 Å². The number of benzene rings is 11. The molecule has 0 saturated heterocycles. The van der Waals surface area contributed by atoms with Crippen molar-refractivity contribution in [3.8, 4) is 56.0 Å². The van der Waals surface area contributed by atoms with Gasteiger partial charge in [0.15, 0.2) is 0 Å². The summed E-state index contributed by atoms with van der Waals surface area (Å²) in [5.41, 5.74) is 20.2. The Bertz CT molecular complexity index is 3780. The minimum absolute atomic E-state index is 0.0595. The van der Waals surface area contributed by atoms with E-state index in [1.54, 1.807) is 0 Å². The zero-order valence-corrected chi connectivity index (χ0v) is 37.9. The molecule has 2 nitrogen and oxygen atoms in total. The molecule has 1 aliphatic heterocycles.